The number of benzene rings is 2. The van der Waals surface area contributed by atoms with Gasteiger partial charge in [0, 0.05) is 6.04 Å². The molecule has 0 bridgehead atoms. The highest BCUT2D eigenvalue weighted by molar-refractivity contribution is 5.40. The van der Waals surface area contributed by atoms with Gasteiger partial charge in [0.1, 0.15) is 11.5 Å². The molecule has 20 heavy (non-hydrogen) atoms. The van der Waals surface area contributed by atoms with E-state index in [1.807, 2.05) is 18.2 Å². The number of hydrogen-bond donors (Lipinski definition) is 2. The number of nitrogens with one attached hydrogen (secondary N) is 1. The Kier molecular flexibility index (Phi) is 3.61. The second-order valence-corrected chi connectivity index (χ2v) is 5.19. The van der Waals surface area contributed by atoms with Crippen molar-refractivity contribution in [2.75, 3.05) is 13.7 Å². The number of phenols is 1. The van der Waals surface area contributed by atoms with E-state index in [4.69, 9.17) is 4.74 Å². The average molecular weight is 269 g/mol. The molecular formula is C17H19NO2. The minimum atomic E-state index is 0.304. The van der Waals surface area contributed by atoms with E-state index in [0.29, 0.717) is 11.8 Å². The molecule has 2 aromatic carbocycles. The normalized spacial score (nSPS) is 17.6. The minimum Gasteiger partial charge on any atom is -0.508 e. The molecule has 1 aliphatic rings. The van der Waals surface area contributed by atoms with Crippen LogP contribution in [-0.4, -0.2) is 18.8 Å². The van der Waals surface area contributed by atoms with Crippen LogP contribution in [-0.2, 0) is 12.8 Å². The van der Waals surface area contributed by atoms with E-state index in [1.54, 1.807) is 19.2 Å². The van der Waals surface area contributed by atoms with Gasteiger partial charge in [-0.3, -0.25) is 0 Å². The smallest absolute Gasteiger partial charge is 0.119 e. The highest BCUT2D eigenvalue weighted by atomic mass is 16.5. The SMILES string of the molecule is COc1ccc2c(c1)[C@@H](Cc1ccc(O)cc1)NCC2. The molecule has 3 heteroatoms. The largest absolute Gasteiger partial charge is 0.508 e. The monoisotopic (exact) mass is 269 g/mol. The summed E-state index contributed by atoms with van der Waals surface area (Å²) in [5, 5.41) is 12.9. The van der Waals surface area contributed by atoms with E-state index in [9.17, 15) is 5.11 Å². The summed E-state index contributed by atoms with van der Waals surface area (Å²) in [4.78, 5) is 0. The summed E-state index contributed by atoms with van der Waals surface area (Å²) in [5.74, 6) is 1.22. The first-order valence-electron chi connectivity index (χ1n) is 6.94. The summed E-state index contributed by atoms with van der Waals surface area (Å²) in [6, 6.07) is 14.1. The number of methoxy groups -OCH3 is 1. The highest BCUT2D eigenvalue weighted by Crippen LogP contribution is 2.29. The fourth-order valence-electron chi connectivity index (χ4n) is 2.79. The molecule has 2 aromatic rings. The van der Waals surface area contributed by atoms with Crippen LogP contribution in [0.15, 0.2) is 42.5 Å². The Morgan fingerprint density at radius 1 is 1.20 bits per heavy atom. The fourth-order valence-corrected chi connectivity index (χ4v) is 2.79. The van der Waals surface area contributed by atoms with Crippen LogP contribution in [0.2, 0.25) is 0 Å². The molecular weight excluding hydrogens is 250 g/mol. The van der Waals surface area contributed by atoms with E-state index in [-0.39, 0.29) is 0 Å². The van der Waals surface area contributed by atoms with E-state index in [1.165, 1.54) is 16.7 Å². The first kappa shape index (κ1) is 13.0. The molecule has 0 aliphatic carbocycles. The molecule has 0 spiro atoms. The van der Waals surface area contributed by atoms with Crippen molar-refractivity contribution in [3.63, 3.8) is 0 Å². The van der Waals surface area contributed by atoms with Gasteiger partial charge < -0.3 is 15.2 Å². The highest BCUT2D eigenvalue weighted by Gasteiger charge is 2.20. The Bertz CT molecular complexity index is 592. The van der Waals surface area contributed by atoms with Gasteiger partial charge in [0.2, 0.25) is 0 Å². The molecule has 0 fully saturated rings. The number of fused-ring (bicyclic) bond motifs is 1. The van der Waals surface area contributed by atoms with Gasteiger partial charge >= 0.3 is 0 Å². The van der Waals surface area contributed by atoms with Crippen LogP contribution in [0.3, 0.4) is 0 Å². The Labute approximate surface area is 119 Å². The Morgan fingerprint density at radius 2 is 2.00 bits per heavy atom. The van der Waals surface area contributed by atoms with Crippen LogP contribution in [0.1, 0.15) is 22.7 Å². The predicted molar refractivity (Wildman–Crippen MR) is 79.3 cm³/mol. The van der Waals surface area contributed by atoms with Crippen molar-refractivity contribution in [2.24, 2.45) is 0 Å². The van der Waals surface area contributed by atoms with Crippen molar-refractivity contribution in [1.29, 1.82) is 0 Å². The van der Waals surface area contributed by atoms with Crippen LogP contribution in [0, 0.1) is 0 Å². The molecule has 1 heterocycles. The summed E-state index contributed by atoms with van der Waals surface area (Å²) in [6.07, 6.45) is 1.98. The van der Waals surface area contributed by atoms with E-state index in [2.05, 4.69) is 17.4 Å². The maximum absolute atomic E-state index is 9.36. The van der Waals surface area contributed by atoms with Crippen molar-refractivity contribution in [3.8, 4) is 11.5 Å². The lowest BCUT2D eigenvalue weighted by Crippen LogP contribution is -2.31. The molecule has 0 saturated carbocycles. The van der Waals surface area contributed by atoms with Gasteiger partial charge in [-0.15, -0.1) is 0 Å². The Morgan fingerprint density at radius 3 is 2.75 bits per heavy atom. The lowest BCUT2D eigenvalue weighted by molar-refractivity contribution is 0.411. The number of hydrogen-bond acceptors (Lipinski definition) is 3. The molecule has 0 radical (unpaired) electrons. The lowest BCUT2D eigenvalue weighted by atomic mass is 9.90. The van der Waals surface area contributed by atoms with Crippen LogP contribution in [0.5, 0.6) is 11.5 Å². The zero-order valence-electron chi connectivity index (χ0n) is 11.6. The first-order chi connectivity index (χ1) is 9.76. The van der Waals surface area contributed by atoms with Gasteiger partial charge in [-0.1, -0.05) is 18.2 Å². The number of ether oxygens (including phenoxy) is 1. The second-order valence-electron chi connectivity index (χ2n) is 5.19. The molecule has 0 unspecified atom stereocenters. The molecule has 0 amide bonds. The quantitative estimate of drug-likeness (QED) is 0.900. The van der Waals surface area contributed by atoms with Gasteiger partial charge in [0.15, 0.2) is 0 Å². The summed E-state index contributed by atoms with van der Waals surface area (Å²) < 4.78 is 5.33. The Balaban J connectivity index is 1.87. The van der Waals surface area contributed by atoms with Gasteiger partial charge in [-0.25, -0.2) is 0 Å². The van der Waals surface area contributed by atoms with Crippen molar-refractivity contribution in [2.45, 2.75) is 18.9 Å². The van der Waals surface area contributed by atoms with Crippen LogP contribution >= 0.6 is 0 Å². The summed E-state index contributed by atoms with van der Waals surface area (Å²) in [5.41, 5.74) is 3.94. The average Bonchev–Trinajstić information content (AvgIpc) is 2.49. The van der Waals surface area contributed by atoms with Gasteiger partial charge in [0.05, 0.1) is 7.11 Å². The van der Waals surface area contributed by atoms with Crippen molar-refractivity contribution >= 4 is 0 Å². The first-order valence-corrected chi connectivity index (χ1v) is 6.94. The van der Waals surface area contributed by atoms with Crippen molar-refractivity contribution in [1.82, 2.24) is 5.32 Å². The molecule has 0 saturated heterocycles. The van der Waals surface area contributed by atoms with E-state index >= 15 is 0 Å². The molecule has 3 rings (SSSR count). The minimum absolute atomic E-state index is 0.304. The third kappa shape index (κ3) is 2.63. The topological polar surface area (TPSA) is 41.5 Å². The molecule has 1 atom stereocenters. The van der Waals surface area contributed by atoms with Gasteiger partial charge in [-0.05, 0) is 60.3 Å². The lowest BCUT2D eigenvalue weighted by Gasteiger charge is -2.27. The van der Waals surface area contributed by atoms with Crippen LogP contribution in [0.25, 0.3) is 0 Å². The summed E-state index contributed by atoms with van der Waals surface area (Å²) in [6.45, 7) is 1.00. The Hall–Kier alpha value is -2.00. The number of rotatable bonds is 3. The van der Waals surface area contributed by atoms with Gasteiger partial charge in [0.25, 0.3) is 0 Å². The zero-order chi connectivity index (χ0) is 13.9. The van der Waals surface area contributed by atoms with Crippen LogP contribution in [0.4, 0.5) is 0 Å². The number of phenolic OH excluding ortho intramolecular Hbond substituents is 1. The van der Waals surface area contributed by atoms with Gasteiger partial charge in [-0.2, -0.15) is 0 Å². The third-order valence-corrected chi connectivity index (χ3v) is 3.89. The van der Waals surface area contributed by atoms with E-state index in [0.717, 1.165) is 25.1 Å². The molecule has 2 N–H and O–H groups in total. The van der Waals surface area contributed by atoms with E-state index < -0.39 is 0 Å². The van der Waals surface area contributed by atoms with Crippen LogP contribution < -0.4 is 10.1 Å². The maximum Gasteiger partial charge on any atom is 0.119 e. The summed E-state index contributed by atoms with van der Waals surface area (Å²) in [7, 11) is 1.70. The summed E-state index contributed by atoms with van der Waals surface area (Å²) >= 11 is 0. The molecule has 3 nitrogen and oxygen atoms in total. The molecule has 1 aliphatic heterocycles. The zero-order valence-corrected chi connectivity index (χ0v) is 11.6. The number of aromatic hydroxyl groups is 1. The molecule has 104 valence electrons. The second kappa shape index (κ2) is 5.55. The molecule has 0 aromatic heterocycles. The standard InChI is InChI=1S/C17H19NO2/c1-20-15-7-4-13-8-9-18-17(16(13)11-15)10-12-2-5-14(19)6-3-12/h2-7,11,17-19H,8-10H2,1H3/t17-/m1/s1. The van der Waals surface area contributed by atoms with Crippen molar-refractivity contribution in [3.05, 3.63) is 59.2 Å². The predicted octanol–water partition coefficient (Wildman–Crippen LogP) is 2.83. The maximum atomic E-state index is 9.36. The van der Waals surface area contributed by atoms with Crippen molar-refractivity contribution < 1.29 is 9.84 Å². The fraction of sp³-hybridized carbons (Fsp3) is 0.294. The third-order valence-electron chi connectivity index (χ3n) is 3.89.